The molecule has 2 heterocycles. The number of phenols is 1. The van der Waals surface area contributed by atoms with Gasteiger partial charge < -0.3 is 9.67 Å². The fourth-order valence-corrected chi connectivity index (χ4v) is 5.10. The number of para-hydroxylation sites is 2. The van der Waals surface area contributed by atoms with Crippen molar-refractivity contribution in [1.29, 1.82) is 0 Å². The summed E-state index contributed by atoms with van der Waals surface area (Å²) >= 11 is 1.40. The minimum Gasteiger partial charge on any atom is -0.508 e. The molecule has 0 fully saturated rings. The highest BCUT2D eigenvalue weighted by Crippen LogP contribution is 2.37. The Bertz CT molecular complexity index is 1250. The van der Waals surface area contributed by atoms with Gasteiger partial charge in [0.1, 0.15) is 5.75 Å². The van der Waals surface area contributed by atoms with Crippen molar-refractivity contribution in [3.63, 3.8) is 0 Å². The van der Waals surface area contributed by atoms with E-state index in [9.17, 15) is 9.90 Å². The second kappa shape index (κ2) is 9.11. The van der Waals surface area contributed by atoms with Crippen molar-refractivity contribution >= 4 is 29.0 Å². The predicted molar refractivity (Wildman–Crippen MR) is 131 cm³/mol. The molecular formula is C26H24N4O2S. The largest absolute Gasteiger partial charge is 0.508 e. The number of hydrogen-bond acceptors (Lipinski definition) is 5. The molecule has 6 nitrogen and oxygen atoms in total. The molecule has 166 valence electrons. The molecule has 0 bridgehead atoms. The molecule has 1 aromatic heterocycles. The van der Waals surface area contributed by atoms with Gasteiger partial charge in [0.05, 0.1) is 17.1 Å². The van der Waals surface area contributed by atoms with Crippen molar-refractivity contribution in [2.45, 2.75) is 31.5 Å². The zero-order valence-electron chi connectivity index (χ0n) is 18.3. The van der Waals surface area contributed by atoms with Gasteiger partial charge in [0.2, 0.25) is 5.91 Å². The highest BCUT2D eigenvalue weighted by atomic mass is 32.2. The van der Waals surface area contributed by atoms with Gasteiger partial charge in [-0.15, -0.1) is 10.2 Å². The van der Waals surface area contributed by atoms with Crippen LogP contribution < -0.4 is 4.90 Å². The summed E-state index contributed by atoms with van der Waals surface area (Å²) in [5.41, 5.74) is 5.14. The number of benzene rings is 3. The zero-order chi connectivity index (χ0) is 22.8. The number of anilines is 2. The lowest BCUT2D eigenvalue weighted by atomic mass is 10.0. The topological polar surface area (TPSA) is 71.2 Å². The fourth-order valence-electron chi connectivity index (χ4n) is 4.24. The van der Waals surface area contributed by atoms with Gasteiger partial charge >= 0.3 is 0 Å². The lowest BCUT2D eigenvalue weighted by Crippen LogP contribution is -2.28. The van der Waals surface area contributed by atoms with Crippen molar-refractivity contribution in [1.82, 2.24) is 14.8 Å². The SMILES string of the molecule is CCn1c(SCC(=O)N2c3ccccc3CCc3ccccc32)nnc1-c1ccc(O)cc1. The summed E-state index contributed by atoms with van der Waals surface area (Å²) in [6.07, 6.45) is 1.81. The number of aryl methyl sites for hydroxylation is 2. The van der Waals surface area contributed by atoms with Crippen molar-refractivity contribution in [3.05, 3.63) is 83.9 Å². The average molecular weight is 457 g/mol. The van der Waals surface area contributed by atoms with E-state index in [1.54, 1.807) is 12.1 Å². The summed E-state index contributed by atoms with van der Waals surface area (Å²) in [5, 5.41) is 19.0. The number of carbonyl (C=O) groups is 1. The number of aromatic nitrogens is 3. The van der Waals surface area contributed by atoms with E-state index in [1.807, 2.05) is 64.9 Å². The van der Waals surface area contributed by atoms with Gasteiger partial charge in [0.25, 0.3) is 0 Å². The van der Waals surface area contributed by atoms with Gasteiger partial charge in [-0.2, -0.15) is 0 Å². The van der Waals surface area contributed by atoms with E-state index in [-0.39, 0.29) is 17.4 Å². The van der Waals surface area contributed by atoms with Crippen LogP contribution in [0.2, 0.25) is 0 Å². The first-order valence-electron chi connectivity index (χ1n) is 11.0. The number of amides is 1. The zero-order valence-corrected chi connectivity index (χ0v) is 19.1. The number of carbonyl (C=O) groups excluding carboxylic acids is 1. The number of aromatic hydroxyl groups is 1. The third-order valence-corrected chi connectivity index (χ3v) is 6.81. The summed E-state index contributed by atoms with van der Waals surface area (Å²) in [6.45, 7) is 2.70. The Kier molecular flexibility index (Phi) is 5.88. The molecule has 0 atom stereocenters. The van der Waals surface area contributed by atoms with Crippen LogP contribution in [0.25, 0.3) is 11.4 Å². The molecule has 0 unspecified atom stereocenters. The molecule has 4 aromatic rings. The molecule has 1 aliphatic heterocycles. The summed E-state index contributed by atoms with van der Waals surface area (Å²) in [6, 6.07) is 23.2. The first-order chi connectivity index (χ1) is 16.2. The number of nitrogens with zero attached hydrogens (tertiary/aromatic N) is 4. The minimum atomic E-state index is 0.0126. The van der Waals surface area contributed by atoms with E-state index in [1.165, 1.54) is 22.9 Å². The monoisotopic (exact) mass is 456 g/mol. The van der Waals surface area contributed by atoms with E-state index < -0.39 is 0 Å². The number of fused-ring (bicyclic) bond motifs is 2. The lowest BCUT2D eigenvalue weighted by molar-refractivity contribution is -0.115. The van der Waals surface area contributed by atoms with Gasteiger partial charge in [-0.25, -0.2) is 0 Å². The Morgan fingerprint density at radius 3 is 2.12 bits per heavy atom. The first-order valence-corrected chi connectivity index (χ1v) is 12.0. The van der Waals surface area contributed by atoms with Gasteiger partial charge in [-0.3, -0.25) is 9.69 Å². The van der Waals surface area contributed by atoms with Gasteiger partial charge in [-0.05, 0) is 67.3 Å². The molecule has 1 aliphatic rings. The van der Waals surface area contributed by atoms with Crippen LogP contribution in [-0.2, 0) is 24.2 Å². The van der Waals surface area contributed by atoms with Crippen molar-refractivity contribution in [2.75, 3.05) is 10.7 Å². The molecule has 0 saturated carbocycles. The van der Waals surface area contributed by atoms with Gasteiger partial charge in [-0.1, -0.05) is 48.2 Å². The first kappa shape index (κ1) is 21.3. The highest BCUT2D eigenvalue weighted by molar-refractivity contribution is 7.99. The third kappa shape index (κ3) is 4.12. The van der Waals surface area contributed by atoms with Gasteiger partial charge in [0, 0.05) is 12.1 Å². The fraction of sp³-hybridized carbons (Fsp3) is 0.192. The maximum absolute atomic E-state index is 13.6. The minimum absolute atomic E-state index is 0.0126. The molecule has 0 radical (unpaired) electrons. The summed E-state index contributed by atoms with van der Waals surface area (Å²) in [4.78, 5) is 15.4. The second-order valence-electron chi connectivity index (χ2n) is 7.87. The van der Waals surface area contributed by atoms with E-state index in [2.05, 4.69) is 22.3 Å². The molecule has 0 aliphatic carbocycles. The summed E-state index contributed by atoms with van der Waals surface area (Å²) in [7, 11) is 0. The number of rotatable bonds is 5. The van der Waals surface area contributed by atoms with Gasteiger partial charge in [0.15, 0.2) is 11.0 Å². The van der Waals surface area contributed by atoms with E-state index in [0.717, 1.165) is 35.6 Å². The quantitative estimate of drug-likeness (QED) is 0.417. The Morgan fingerprint density at radius 1 is 0.909 bits per heavy atom. The maximum atomic E-state index is 13.6. The molecule has 7 heteroatoms. The Morgan fingerprint density at radius 2 is 1.52 bits per heavy atom. The number of hydrogen-bond donors (Lipinski definition) is 1. The Hall–Kier alpha value is -3.58. The lowest BCUT2D eigenvalue weighted by Gasteiger charge is -2.24. The molecule has 1 amide bonds. The van der Waals surface area contributed by atoms with Crippen LogP contribution in [0.4, 0.5) is 11.4 Å². The predicted octanol–water partition coefficient (Wildman–Crippen LogP) is 5.23. The number of phenolic OH excluding ortho intramolecular Hbond substituents is 1. The molecule has 5 rings (SSSR count). The summed E-state index contributed by atoms with van der Waals surface area (Å²) < 4.78 is 1.99. The van der Waals surface area contributed by atoms with Crippen LogP contribution in [0.5, 0.6) is 5.75 Å². The number of thioether (sulfide) groups is 1. The Labute approximate surface area is 196 Å². The van der Waals surface area contributed by atoms with Crippen LogP contribution in [0.3, 0.4) is 0 Å². The molecule has 33 heavy (non-hydrogen) atoms. The van der Waals surface area contributed by atoms with E-state index >= 15 is 0 Å². The van der Waals surface area contributed by atoms with Crippen molar-refractivity contribution in [3.8, 4) is 17.1 Å². The third-order valence-electron chi connectivity index (χ3n) is 5.86. The summed E-state index contributed by atoms with van der Waals surface area (Å²) in [5.74, 6) is 1.19. The van der Waals surface area contributed by atoms with Crippen LogP contribution in [0, 0.1) is 0 Å². The molecule has 0 saturated heterocycles. The van der Waals surface area contributed by atoms with Crippen LogP contribution >= 0.6 is 11.8 Å². The van der Waals surface area contributed by atoms with E-state index in [0.29, 0.717) is 11.7 Å². The van der Waals surface area contributed by atoms with E-state index in [4.69, 9.17) is 0 Å². The standard InChI is InChI=1S/C26H24N4O2S/c1-2-29-25(20-13-15-21(31)16-14-20)27-28-26(29)33-17-24(32)30-22-9-5-3-7-18(22)11-12-19-8-4-6-10-23(19)30/h3-10,13-16,31H,2,11-12,17H2,1H3. The second-order valence-corrected chi connectivity index (χ2v) is 8.82. The molecule has 1 N–H and O–H groups in total. The highest BCUT2D eigenvalue weighted by Gasteiger charge is 2.26. The molecule has 3 aromatic carbocycles. The smallest absolute Gasteiger partial charge is 0.242 e. The van der Waals surface area contributed by atoms with Crippen LogP contribution in [0.15, 0.2) is 78.0 Å². The van der Waals surface area contributed by atoms with Crippen molar-refractivity contribution in [2.24, 2.45) is 0 Å². The normalized spacial score (nSPS) is 12.7. The Balaban J connectivity index is 1.43. The maximum Gasteiger partial charge on any atom is 0.242 e. The molecular weight excluding hydrogens is 432 g/mol. The van der Waals surface area contributed by atoms with Crippen molar-refractivity contribution < 1.29 is 9.90 Å². The van der Waals surface area contributed by atoms with Crippen LogP contribution in [-0.4, -0.2) is 31.5 Å². The average Bonchev–Trinajstić information content (AvgIpc) is 3.18. The van der Waals surface area contributed by atoms with Crippen LogP contribution in [0.1, 0.15) is 18.1 Å². The molecule has 0 spiro atoms.